The number of nitrogens with one attached hydrogen (secondary N) is 1. The zero-order valence-corrected chi connectivity index (χ0v) is 12.5. The number of rotatable bonds is 3. The molecule has 7 nitrogen and oxygen atoms in total. The predicted octanol–water partition coefficient (Wildman–Crippen LogP) is 2.06. The predicted molar refractivity (Wildman–Crippen MR) is 75.6 cm³/mol. The van der Waals surface area contributed by atoms with E-state index in [1.165, 1.54) is 6.20 Å². The molecule has 0 spiro atoms. The van der Waals surface area contributed by atoms with Crippen LogP contribution in [0.1, 0.15) is 51.0 Å². The van der Waals surface area contributed by atoms with Gasteiger partial charge in [-0.15, -0.1) is 5.10 Å². The molecule has 0 bridgehead atoms. The van der Waals surface area contributed by atoms with Crippen LogP contribution in [0.2, 0.25) is 0 Å². The fourth-order valence-electron chi connectivity index (χ4n) is 1.55. The van der Waals surface area contributed by atoms with Gasteiger partial charge in [-0.05, 0) is 34.6 Å². The van der Waals surface area contributed by atoms with Crippen LogP contribution in [-0.2, 0) is 5.54 Å². The van der Waals surface area contributed by atoms with Crippen LogP contribution in [0.5, 0.6) is 0 Å². The average Bonchev–Trinajstić information content (AvgIpc) is 2.95. The summed E-state index contributed by atoms with van der Waals surface area (Å²) in [5.74, 6) is 0.0331. The van der Waals surface area contributed by atoms with Crippen LogP contribution in [0, 0.1) is 0 Å². The van der Waals surface area contributed by atoms with Gasteiger partial charge in [0.05, 0.1) is 17.3 Å². The van der Waals surface area contributed by atoms with Crippen molar-refractivity contribution in [2.45, 2.75) is 46.2 Å². The SMILES string of the molecule is CC(C)n1cc(C(=O)Nc2ncn(C(C)(C)C)n2)cn1. The Morgan fingerprint density at radius 1 is 1.35 bits per heavy atom. The van der Waals surface area contributed by atoms with Crippen molar-refractivity contribution in [3.63, 3.8) is 0 Å². The van der Waals surface area contributed by atoms with E-state index >= 15 is 0 Å². The van der Waals surface area contributed by atoms with Crippen molar-refractivity contribution in [1.82, 2.24) is 24.5 Å². The van der Waals surface area contributed by atoms with Crippen LogP contribution in [0.3, 0.4) is 0 Å². The summed E-state index contributed by atoms with van der Waals surface area (Å²) in [6.07, 6.45) is 4.85. The Bertz CT molecular complexity index is 604. The van der Waals surface area contributed by atoms with Gasteiger partial charge < -0.3 is 0 Å². The Labute approximate surface area is 118 Å². The maximum atomic E-state index is 12.1. The molecule has 2 rings (SSSR count). The third-order valence-electron chi connectivity index (χ3n) is 2.80. The van der Waals surface area contributed by atoms with Crippen molar-refractivity contribution < 1.29 is 4.79 Å². The molecule has 0 radical (unpaired) electrons. The van der Waals surface area contributed by atoms with E-state index in [2.05, 4.69) is 20.5 Å². The Morgan fingerprint density at radius 3 is 2.55 bits per heavy atom. The summed E-state index contributed by atoms with van der Waals surface area (Å²) in [7, 11) is 0. The van der Waals surface area contributed by atoms with Crippen LogP contribution in [-0.4, -0.2) is 30.5 Å². The van der Waals surface area contributed by atoms with E-state index < -0.39 is 0 Å². The normalized spacial score (nSPS) is 11.9. The van der Waals surface area contributed by atoms with Crippen LogP contribution in [0.15, 0.2) is 18.7 Å². The number of hydrogen-bond donors (Lipinski definition) is 1. The molecular weight excluding hydrogens is 256 g/mol. The molecule has 0 aromatic carbocycles. The van der Waals surface area contributed by atoms with Crippen molar-refractivity contribution in [1.29, 1.82) is 0 Å². The molecule has 0 aliphatic rings. The van der Waals surface area contributed by atoms with Gasteiger partial charge in [-0.1, -0.05) is 0 Å². The molecule has 0 fully saturated rings. The highest BCUT2D eigenvalue weighted by molar-refractivity contribution is 6.02. The average molecular weight is 276 g/mol. The zero-order chi connectivity index (χ0) is 14.9. The molecule has 0 atom stereocenters. The second-order valence-corrected chi connectivity index (χ2v) is 5.94. The fourth-order valence-corrected chi connectivity index (χ4v) is 1.55. The minimum atomic E-state index is -0.261. The van der Waals surface area contributed by atoms with Crippen LogP contribution in [0.25, 0.3) is 0 Å². The lowest BCUT2D eigenvalue weighted by Crippen LogP contribution is -2.22. The Hall–Kier alpha value is -2.18. The molecule has 2 heterocycles. The molecule has 20 heavy (non-hydrogen) atoms. The molecule has 1 N–H and O–H groups in total. The maximum Gasteiger partial charge on any atom is 0.261 e. The molecular formula is C13H20N6O. The van der Waals surface area contributed by atoms with Gasteiger partial charge >= 0.3 is 0 Å². The zero-order valence-electron chi connectivity index (χ0n) is 12.5. The third kappa shape index (κ3) is 3.04. The topological polar surface area (TPSA) is 77.6 Å². The highest BCUT2D eigenvalue weighted by Gasteiger charge is 2.17. The largest absolute Gasteiger partial charge is 0.289 e. The molecule has 2 aromatic heterocycles. The first-order chi connectivity index (χ1) is 9.27. The molecule has 0 aliphatic carbocycles. The van der Waals surface area contributed by atoms with E-state index in [1.54, 1.807) is 21.9 Å². The minimum Gasteiger partial charge on any atom is -0.289 e. The fraction of sp³-hybridized carbons (Fsp3) is 0.538. The van der Waals surface area contributed by atoms with Gasteiger partial charge in [0.25, 0.3) is 5.91 Å². The number of anilines is 1. The van der Waals surface area contributed by atoms with Gasteiger partial charge in [0.15, 0.2) is 0 Å². The van der Waals surface area contributed by atoms with Crippen molar-refractivity contribution in [2.24, 2.45) is 0 Å². The lowest BCUT2D eigenvalue weighted by molar-refractivity contribution is 0.102. The summed E-state index contributed by atoms with van der Waals surface area (Å²) < 4.78 is 3.44. The third-order valence-corrected chi connectivity index (χ3v) is 2.80. The second-order valence-electron chi connectivity index (χ2n) is 5.94. The number of hydrogen-bond acceptors (Lipinski definition) is 4. The lowest BCUT2D eigenvalue weighted by atomic mass is 10.1. The highest BCUT2D eigenvalue weighted by Crippen LogP contribution is 2.13. The van der Waals surface area contributed by atoms with E-state index in [0.29, 0.717) is 11.5 Å². The number of amides is 1. The highest BCUT2D eigenvalue weighted by atomic mass is 16.1. The molecule has 2 aromatic rings. The quantitative estimate of drug-likeness (QED) is 0.930. The summed E-state index contributed by atoms with van der Waals surface area (Å²) in [4.78, 5) is 16.1. The van der Waals surface area contributed by atoms with E-state index in [-0.39, 0.29) is 17.5 Å². The van der Waals surface area contributed by atoms with Crippen LogP contribution >= 0.6 is 0 Å². The standard InChI is InChI=1S/C13H20N6O/c1-9(2)18-7-10(6-15-18)11(20)16-12-14-8-19(17-12)13(3,4)5/h6-9H,1-5H3,(H,16,17,20). The number of carbonyl (C=O) groups excluding carboxylic acids is 1. The number of nitrogens with zero attached hydrogens (tertiary/aromatic N) is 5. The maximum absolute atomic E-state index is 12.1. The van der Waals surface area contributed by atoms with Crippen molar-refractivity contribution in [2.75, 3.05) is 5.32 Å². The van der Waals surface area contributed by atoms with Crippen LogP contribution in [0.4, 0.5) is 5.95 Å². The smallest absolute Gasteiger partial charge is 0.261 e. The number of aromatic nitrogens is 5. The van der Waals surface area contributed by atoms with Crippen molar-refractivity contribution in [3.05, 3.63) is 24.3 Å². The van der Waals surface area contributed by atoms with Gasteiger partial charge in [-0.3, -0.25) is 14.8 Å². The Morgan fingerprint density at radius 2 is 2.05 bits per heavy atom. The van der Waals surface area contributed by atoms with E-state index in [4.69, 9.17) is 0 Å². The molecule has 1 amide bonds. The summed E-state index contributed by atoms with van der Waals surface area (Å²) >= 11 is 0. The van der Waals surface area contributed by atoms with Gasteiger partial charge in [-0.2, -0.15) is 5.10 Å². The molecule has 0 aliphatic heterocycles. The second kappa shape index (κ2) is 5.07. The summed E-state index contributed by atoms with van der Waals surface area (Å²) in [5.41, 5.74) is 0.323. The van der Waals surface area contributed by atoms with Crippen molar-refractivity contribution in [3.8, 4) is 0 Å². The van der Waals surface area contributed by atoms with Gasteiger partial charge in [0.2, 0.25) is 5.95 Å². The van der Waals surface area contributed by atoms with Gasteiger partial charge in [-0.25, -0.2) is 9.67 Å². The summed E-state index contributed by atoms with van der Waals surface area (Å²) in [6.45, 7) is 10.0. The number of carbonyl (C=O) groups is 1. The first-order valence-corrected chi connectivity index (χ1v) is 6.55. The minimum absolute atomic E-state index is 0.168. The van der Waals surface area contributed by atoms with Crippen molar-refractivity contribution >= 4 is 11.9 Å². The van der Waals surface area contributed by atoms with Gasteiger partial charge in [0.1, 0.15) is 6.33 Å². The first kappa shape index (κ1) is 14.2. The molecule has 0 saturated heterocycles. The molecule has 7 heteroatoms. The van der Waals surface area contributed by atoms with E-state index in [1.807, 2.05) is 34.6 Å². The van der Waals surface area contributed by atoms with E-state index in [0.717, 1.165) is 0 Å². The monoisotopic (exact) mass is 276 g/mol. The Balaban J connectivity index is 2.09. The van der Waals surface area contributed by atoms with Gasteiger partial charge in [0, 0.05) is 12.2 Å². The summed E-state index contributed by atoms with van der Waals surface area (Å²) in [6, 6.07) is 0.217. The van der Waals surface area contributed by atoms with Crippen LogP contribution < -0.4 is 5.32 Å². The molecule has 0 unspecified atom stereocenters. The Kier molecular flexibility index (Phi) is 3.61. The molecule has 0 saturated carbocycles. The van der Waals surface area contributed by atoms with E-state index in [9.17, 15) is 4.79 Å². The summed E-state index contributed by atoms with van der Waals surface area (Å²) in [5, 5.41) is 11.0. The molecule has 108 valence electrons. The lowest BCUT2D eigenvalue weighted by Gasteiger charge is -2.17. The first-order valence-electron chi connectivity index (χ1n) is 6.55.